The van der Waals surface area contributed by atoms with Crippen LogP contribution in [0.3, 0.4) is 0 Å². The Morgan fingerprint density at radius 1 is 1.47 bits per heavy atom. The van der Waals surface area contributed by atoms with Crippen molar-refractivity contribution in [2.24, 2.45) is 0 Å². The van der Waals surface area contributed by atoms with Crippen molar-refractivity contribution in [3.63, 3.8) is 0 Å². The summed E-state index contributed by atoms with van der Waals surface area (Å²) in [6, 6.07) is 3.42. The van der Waals surface area contributed by atoms with Crippen LogP contribution in [0.15, 0.2) is 18.2 Å². The average Bonchev–Trinajstić information content (AvgIpc) is 2.26. The van der Waals surface area contributed by atoms with Crippen LogP contribution in [0.2, 0.25) is 0 Å². The van der Waals surface area contributed by atoms with Gasteiger partial charge in [0, 0.05) is 5.69 Å². The highest BCUT2D eigenvalue weighted by molar-refractivity contribution is 6.00. The number of rotatable bonds is 4. The highest BCUT2D eigenvalue weighted by atomic mass is 19.1. The van der Waals surface area contributed by atoms with E-state index in [4.69, 9.17) is 5.73 Å². The molecular formula is C11H13FN2O3. The molecule has 3 N–H and O–H groups in total. The molecule has 0 aliphatic rings. The van der Waals surface area contributed by atoms with Crippen molar-refractivity contribution in [2.45, 2.75) is 6.92 Å². The van der Waals surface area contributed by atoms with E-state index in [1.54, 1.807) is 6.92 Å². The van der Waals surface area contributed by atoms with Crippen LogP contribution in [-0.2, 0) is 9.53 Å². The monoisotopic (exact) mass is 240 g/mol. The normalized spacial score (nSPS) is 9.76. The Bertz CT molecular complexity index is 435. The molecule has 0 aromatic heterocycles. The van der Waals surface area contributed by atoms with Crippen molar-refractivity contribution in [1.82, 2.24) is 5.32 Å². The minimum Gasteiger partial charge on any atom is -0.465 e. The number of anilines is 1. The third-order valence-electron chi connectivity index (χ3n) is 1.96. The molecule has 0 unspecified atom stereocenters. The number of hydrogen-bond donors (Lipinski definition) is 2. The Morgan fingerprint density at radius 2 is 2.18 bits per heavy atom. The quantitative estimate of drug-likeness (QED) is 0.599. The minimum atomic E-state index is -0.546. The fraction of sp³-hybridized carbons (Fsp3) is 0.273. The van der Waals surface area contributed by atoms with Crippen LogP contribution in [0, 0.1) is 5.82 Å². The average molecular weight is 240 g/mol. The summed E-state index contributed by atoms with van der Waals surface area (Å²) in [5.74, 6) is -1.61. The van der Waals surface area contributed by atoms with Crippen LogP contribution in [0.25, 0.3) is 0 Å². The van der Waals surface area contributed by atoms with Crippen LogP contribution in [-0.4, -0.2) is 25.0 Å². The fourth-order valence-corrected chi connectivity index (χ4v) is 1.20. The van der Waals surface area contributed by atoms with Crippen molar-refractivity contribution in [2.75, 3.05) is 18.9 Å². The minimum absolute atomic E-state index is 0.0198. The second-order valence-corrected chi connectivity index (χ2v) is 3.22. The van der Waals surface area contributed by atoms with Gasteiger partial charge in [-0.3, -0.25) is 9.59 Å². The fourth-order valence-electron chi connectivity index (χ4n) is 1.20. The van der Waals surface area contributed by atoms with Gasteiger partial charge in [0.15, 0.2) is 0 Å². The van der Waals surface area contributed by atoms with Gasteiger partial charge in [-0.1, -0.05) is 0 Å². The third-order valence-corrected chi connectivity index (χ3v) is 1.96. The molecular weight excluding hydrogens is 227 g/mol. The van der Waals surface area contributed by atoms with E-state index in [0.29, 0.717) is 0 Å². The molecule has 0 radical (unpaired) electrons. The Labute approximate surface area is 97.7 Å². The van der Waals surface area contributed by atoms with Crippen LogP contribution < -0.4 is 11.1 Å². The van der Waals surface area contributed by atoms with Gasteiger partial charge < -0.3 is 15.8 Å². The number of nitrogens with two attached hydrogens (primary N) is 1. The van der Waals surface area contributed by atoms with Gasteiger partial charge in [-0.25, -0.2) is 4.39 Å². The van der Waals surface area contributed by atoms with Gasteiger partial charge in [0.2, 0.25) is 0 Å². The number of carbonyl (C=O) groups excluding carboxylic acids is 2. The smallest absolute Gasteiger partial charge is 0.325 e. The van der Waals surface area contributed by atoms with Gasteiger partial charge in [0.25, 0.3) is 5.91 Å². The first-order valence-electron chi connectivity index (χ1n) is 5.03. The van der Waals surface area contributed by atoms with E-state index in [0.717, 1.165) is 12.1 Å². The first kappa shape index (κ1) is 13.0. The highest BCUT2D eigenvalue weighted by Crippen LogP contribution is 2.12. The molecule has 0 spiro atoms. The van der Waals surface area contributed by atoms with Gasteiger partial charge in [0.1, 0.15) is 12.4 Å². The molecule has 17 heavy (non-hydrogen) atoms. The van der Waals surface area contributed by atoms with E-state index in [9.17, 15) is 14.0 Å². The van der Waals surface area contributed by atoms with Gasteiger partial charge in [0.05, 0.1) is 12.2 Å². The van der Waals surface area contributed by atoms with Crippen LogP contribution in [0.5, 0.6) is 0 Å². The van der Waals surface area contributed by atoms with Gasteiger partial charge in [-0.2, -0.15) is 0 Å². The van der Waals surface area contributed by atoms with Crippen molar-refractivity contribution in [1.29, 1.82) is 0 Å². The SMILES string of the molecule is CCOC(=O)CNC(=O)c1ccc(F)cc1N. The predicted molar refractivity (Wildman–Crippen MR) is 59.8 cm³/mol. The zero-order valence-electron chi connectivity index (χ0n) is 9.33. The first-order chi connectivity index (χ1) is 8.04. The van der Waals surface area contributed by atoms with E-state index < -0.39 is 17.7 Å². The summed E-state index contributed by atoms with van der Waals surface area (Å²) < 4.78 is 17.4. The Hall–Kier alpha value is -2.11. The van der Waals surface area contributed by atoms with Crippen molar-refractivity contribution < 1.29 is 18.7 Å². The number of nitrogens with one attached hydrogen (secondary N) is 1. The lowest BCUT2D eigenvalue weighted by Crippen LogP contribution is -2.31. The van der Waals surface area contributed by atoms with Crippen LogP contribution in [0.4, 0.5) is 10.1 Å². The number of nitrogen functional groups attached to an aromatic ring is 1. The lowest BCUT2D eigenvalue weighted by molar-refractivity contribution is -0.141. The summed E-state index contributed by atoms with van der Waals surface area (Å²) >= 11 is 0. The van der Waals surface area contributed by atoms with Crippen molar-refractivity contribution in [3.8, 4) is 0 Å². The summed E-state index contributed by atoms with van der Waals surface area (Å²) in [5.41, 5.74) is 5.61. The molecule has 0 saturated heterocycles. The molecule has 0 aliphatic carbocycles. The van der Waals surface area contributed by atoms with Crippen LogP contribution in [0.1, 0.15) is 17.3 Å². The Morgan fingerprint density at radius 3 is 2.76 bits per heavy atom. The maximum Gasteiger partial charge on any atom is 0.325 e. The van der Waals surface area contributed by atoms with E-state index in [2.05, 4.69) is 10.1 Å². The molecule has 0 saturated carbocycles. The van der Waals surface area contributed by atoms with E-state index in [1.807, 2.05) is 0 Å². The lowest BCUT2D eigenvalue weighted by atomic mass is 10.1. The molecule has 6 heteroatoms. The molecule has 1 rings (SSSR count). The third kappa shape index (κ3) is 3.75. The molecule has 0 fully saturated rings. The topological polar surface area (TPSA) is 81.4 Å². The molecule has 0 aliphatic heterocycles. The standard InChI is InChI=1S/C11H13FN2O3/c1-2-17-10(15)6-14-11(16)8-4-3-7(12)5-9(8)13/h3-5H,2,6,13H2,1H3,(H,14,16). The maximum absolute atomic E-state index is 12.7. The molecule has 1 amide bonds. The van der Waals surface area contributed by atoms with E-state index in [1.165, 1.54) is 6.07 Å². The maximum atomic E-state index is 12.7. The second kappa shape index (κ2) is 5.83. The van der Waals surface area contributed by atoms with Gasteiger partial charge in [-0.05, 0) is 25.1 Å². The number of benzene rings is 1. The molecule has 0 heterocycles. The largest absolute Gasteiger partial charge is 0.465 e. The zero-order chi connectivity index (χ0) is 12.8. The Kier molecular flexibility index (Phi) is 4.45. The summed E-state index contributed by atoms with van der Waals surface area (Å²) in [4.78, 5) is 22.6. The van der Waals surface area contributed by atoms with Gasteiger partial charge in [-0.15, -0.1) is 0 Å². The molecule has 92 valence electrons. The number of halogens is 1. The van der Waals surface area contributed by atoms with Crippen LogP contribution >= 0.6 is 0 Å². The molecule has 1 aromatic carbocycles. The molecule has 0 bridgehead atoms. The second-order valence-electron chi connectivity index (χ2n) is 3.22. The van der Waals surface area contributed by atoms with E-state index in [-0.39, 0.29) is 24.4 Å². The zero-order valence-corrected chi connectivity index (χ0v) is 9.33. The molecule has 1 aromatic rings. The van der Waals surface area contributed by atoms with E-state index >= 15 is 0 Å². The number of esters is 1. The summed E-state index contributed by atoms with van der Waals surface area (Å²) in [5, 5.41) is 2.33. The Balaban J connectivity index is 2.61. The molecule has 0 atom stereocenters. The predicted octanol–water partition coefficient (Wildman–Crippen LogP) is 0.701. The lowest BCUT2D eigenvalue weighted by Gasteiger charge is -2.07. The summed E-state index contributed by atoms with van der Waals surface area (Å²) in [7, 11) is 0. The summed E-state index contributed by atoms with van der Waals surface area (Å²) in [6.07, 6.45) is 0. The highest BCUT2D eigenvalue weighted by Gasteiger charge is 2.11. The first-order valence-corrected chi connectivity index (χ1v) is 5.03. The molecule has 5 nitrogen and oxygen atoms in total. The van der Waals surface area contributed by atoms with Crippen molar-refractivity contribution in [3.05, 3.63) is 29.6 Å². The van der Waals surface area contributed by atoms with Gasteiger partial charge >= 0.3 is 5.97 Å². The number of amides is 1. The summed E-state index contributed by atoms with van der Waals surface area (Å²) in [6.45, 7) is 1.66. The number of hydrogen-bond acceptors (Lipinski definition) is 4. The van der Waals surface area contributed by atoms with Crippen molar-refractivity contribution >= 4 is 17.6 Å². The number of ether oxygens (including phenoxy) is 1. The number of carbonyl (C=O) groups is 2.